The molecule has 0 bridgehead atoms. The molecular weight excluding hydrogens is 238 g/mol. The van der Waals surface area contributed by atoms with Crippen LogP contribution in [0.3, 0.4) is 0 Å². The van der Waals surface area contributed by atoms with E-state index in [1.54, 1.807) is 6.33 Å². The van der Waals surface area contributed by atoms with Crippen molar-refractivity contribution in [2.24, 2.45) is 11.8 Å². The van der Waals surface area contributed by atoms with Gasteiger partial charge in [-0.2, -0.15) is 0 Å². The van der Waals surface area contributed by atoms with Gasteiger partial charge < -0.3 is 15.2 Å². The Bertz CT molecular complexity index is 580. The van der Waals surface area contributed by atoms with Gasteiger partial charge in [-0.15, -0.1) is 0 Å². The van der Waals surface area contributed by atoms with Crippen LogP contribution in [0.25, 0.3) is 11.0 Å². The zero-order valence-electron chi connectivity index (χ0n) is 11.1. The third-order valence-corrected chi connectivity index (χ3v) is 4.84. The summed E-state index contributed by atoms with van der Waals surface area (Å²) in [6, 6.07) is 2.68. The minimum absolute atomic E-state index is 0.616. The summed E-state index contributed by atoms with van der Waals surface area (Å²) in [5, 5.41) is 4.63. The second kappa shape index (κ2) is 4.20. The Balaban J connectivity index is 1.63. The van der Waals surface area contributed by atoms with Crippen LogP contribution in [0.1, 0.15) is 12.8 Å². The standard InChI is InChI=1S/C14H19N5/c1-19(11-4-9-6-15-7-10(9)5-11)14-12-2-3-16-13(12)17-8-18-14/h2-3,8-11,15H,4-7H2,1H3,(H,16,17,18)/t9-,10?,11+/m0/s1. The van der Waals surface area contributed by atoms with Gasteiger partial charge in [0.2, 0.25) is 0 Å². The third kappa shape index (κ3) is 1.72. The highest BCUT2D eigenvalue weighted by molar-refractivity contribution is 5.87. The van der Waals surface area contributed by atoms with Gasteiger partial charge in [0.25, 0.3) is 0 Å². The Hall–Kier alpha value is -1.62. The van der Waals surface area contributed by atoms with Crippen molar-refractivity contribution in [3.05, 3.63) is 18.6 Å². The average molecular weight is 257 g/mol. The van der Waals surface area contributed by atoms with Gasteiger partial charge in [0, 0.05) is 19.3 Å². The lowest BCUT2D eigenvalue weighted by molar-refractivity contribution is 0.494. The maximum absolute atomic E-state index is 4.50. The maximum Gasteiger partial charge on any atom is 0.142 e. The first-order chi connectivity index (χ1) is 9.33. The Morgan fingerprint density at radius 2 is 2.00 bits per heavy atom. The molecule has 5 heteroatoms. The van der Waals surface area contributed by atoms with Gasteiger partial charge in [0.05, 0.1) is 5.39 Å². The zero-order valence-corrected chi connectivity index (χ0v) is 11.1. The van der Waals surface area contributed by atoms with E-state index < -0.39 is 0 Å². The van der Waals surface area contributed by atoms with E-state index >= 15 is 0 Å². The summed E-state index contributed by atoms with van der Waals surface area (Å²) in [5.41, 5.74) is 0.928. The molecule has 4 rings (SSSR count). The summed E-state index contributed by atoms with van der Waals surface area (Å²) in [6.07, 6.45) is 6.15. The summed E-state index contributed by atoms with van der Waals surface area (Å²) in [6.45, 7) is 2.39. The van der Waals surface area contributed by atoms with E-state index in [-0.39, 0.29) is 0 Å². The fraction of sp³-hybridized carbons (Fsp3) is 0.571. The van der Waals surface area contributed by atoms with Gasteiger partial charge in [-0.3, -0.25) is 0 Å². The SMILES string of the molecule is CN(c1ncnc2[nH]ccc12)[C@H]1CC2CNC[C@@H]2C1. The average Bonchev–Trinajstić information content (AvgIpc) is 3.11. The van der Waals surface area contributed by atoms with Crippen molar-refractivity contribution < 1.29 is 0 Å². The van der Waals surface area contributed by atoms with Gasteiger partial charge in [-0.05, 0) is 43.8 Å². The number of anilines is 1. The molecule has 2 aromatic heterocycles. The number of aromatic amines is 1. The van der Waals surface area contributed by atoms with Crippen LogP contribution in [-0.2, 0) is 0 Å². The molecule has 3 heterocycles. The number of rotatable bonds is 2. The summed E-state index contributed by atoms with van der Waals surface area (Å²) in [5.74, 6) is 2.77. The predicted octanol–water partition coefficient (Wildman–Crippen LogP) is 1.39. The minimum atomic E-state index is 0.616. The number of aromatic nitrogens is 3. The van der Waals surface area contributed by atoms with E-state index in [1.807, 2.05) is 6.20 Å². The molecule has 0 amide bonds. The van der Waals surface area contributed by atoms with Crippen molar-refractivity contribution in [2.75, 3.05) is 25.0 Å². The van der Waals surface area contributed by atoms with Crippen LogP contribution in [0, 0.1) is 11.8 Å². The number of fused-ring (bicyclic) bond motifs is 2. The molecule has 100 valence electrons. The van der Waals surface area contributed by atoms with E-state index in [2.05, 4.69) is 38.3 Å². The second-order valence-electron chi connectivity index (χ2n) is 5.85. The largest absolute Gasteiger partial charge is 0.356 e. The first kappa shape index (κ1) is 11.2. The Labute approximate surface area is 112 Å². The van der Waals surface area contributed by atoms with Crippen molar-refractivity contribution in [3.63, 3.8) is 0 Å². The molecule has 5 nitrogen and oxygen atoms in total. The predicted molar refractivity (Wildman–Crippen MR) is 75.2 cm³/mol. The fourth-order valence-electron chi connectivity index (χ4n) is 3.76. The molecule has 0 spiro atoms. The highest BCUT2D eigenvalue weighted by Crippen LogP contribution is 2.38. The van der Waals surface area contributed by atoms with Crippen LogP contribution in [0.5, 0.6) is 0 Å². The van der Waals surface area contributed by atoms with Gasteiger partial charge in [0.1, 0.15) is 17.8 Å². The zero-order chi connectivity index (χ0) is 12.8. The lowest BCUT2D eigenvalue weighted by atomic mass is 10.0. The molecule has 0 aromatic carbocycles. The quantitative estimate of drug-likeness (QED) is 0.853. The molecule has 2 aromatic rings. The number of H-pyrrole nitrogens is 1. The molecule has 2 fully saturated rings. The van der Waals surface area contributed by atoms with E-state index in [4.69, 9.17) is 0 Å². The molecule has 1 saturated heterocycles. The van der Waals surface area contributed by atoms with Gasteiger partial charge in [-0.25, -0.2) is 9.97 Å². The highest BCUT2D eigenvalue weighted by Gasteiger charge is 2.39. The van der Waals surface area contributed by atoms with Crippen LogP contribution in [0.4, 0.5) is 5.82 Å². The number of nitrogens with zero attached hydrogens (tertiary/aromatic N) is 3. The van der Waals surface area contributed by atoms with Crippen molar-refractivity contribution in [2.45, 2.75) is 18.9 Å². The van der Waals surface area contributed by atoms with Crippen molar-refractivity contribution in [1.82, 2.24) is 20.3 Å². The molecule has 1 saturated carbocycles. The molecule has 3 atom stereocenters. The van der Waals surface area contributed by atoms with Gasteiger partial charge >= 0.3 is 0 Å². The first-order valence-corrected chi connectivity index (χ1v) is 7.04. The lowest BCUT2D eigenvalue weighted by Crippen LogP contribution is -2.31. The van der Waals surface area contributed by atoms with Crippen LogP contribution in [-0.4, -0.2) is 41.1 Å². The molecule has 1 aliphatic heterocycles. The smallest absolute Gasteiger partial charge is 0.142 e. The molecule has 1 aliphatic carbocycles. The van der Waals surface area contributed by atoms with E-state index in [1.165, 1.54) is 25.9 Å². The van der Waals surface area contributed by atoms with Crippen LogP contribution in [0.2, 0.25) is 0 Å². The third-order valence-electron chi connectivity index (χ3n) is 4.84. The summed E-state index contributed by atoms with van der Waals surface area (Å²) < 4.78 is 0. The Morgan fingerprint density at radius 1 is 1.21 bits per heavy atom. The van der Waals surface area contributed by atoms with Gasteiger partial charge in [0.15, 0.2) is 0 Å². The molecular formula is C14H19N5. The Morgan fingerprint density at radius 3 is 2.79 bits per heavy atom. The van der Waals surface area contributed by atoms with Crippen LogP contribution < -0.4 is 10.2 Å². The molecule has 0 radical (unpaired) electrons. The summed E-state index contributed by atoms with van der Waals surface area (Å²) in [7, 11) is 2.17. The topological polar surface area (TPSA) is 56.8 Å². The number of hydrogen-bond donors (Lipinski definition) is 2. The number of hydrogen-bond acceptors (Lipinski definition) is 4. The van der Waals surface area contributed by atoms with E-state index in [0.29, 0.717) is 6.04 Å². The Kier molecular flexibility index (Phi) is 2.48. The molecule has 2 aliphatic rings. The van der Waals surface area contributed by atoms with Crippen molar-refractivity contribution >= 4 is 16.9 Å². The highest BCUT2D eigenvalue weighted by atomic mass is 15.2. The maximum atomic E-state index is 4.50. The fourth-order valence-corrected chi connectivity index (χ4v) is 3.76. The van der Waals surface area contributed by atoms with Crippen LogP contribution >= 0.6 is 0 Å². The normalized spacial score (nSPS) is 29.8. The first-order valence-electron chi connectivity index (χ1n) is 7.04. The monoisotopic (exact) mass is 257 g/mol. The summed E-state index contributed by atoms with van der Waals surface area (Å²) >= 11 is 0. The molecule has 19 heavy (non-hydrogen) atoms. The van der Waals surface area contributed by atoms with E-state index in [9.17, 15) is 0 Å². The van der Waals surface area contributed by atoms with E-state index in [0.717, 1.165) is 28.7 Å². The molecule has 2 N–H and O–H groups in total. The second-order valence-corrected chi connectivity index (χ2v) is 5.85. The molecule has 1 unspecified atom stereocenters. The number of nitrogens with one attached hydrogen (secondary N) is 2. The minimum Gasteiger partial charge on any atom is -0.356 e. The van der Waals surface area contributed by atoms with Crippen LogP contribution in [0.15, 0.2) is 18.6 Å². The van der Waals surface area contributed by atoms with Gasteiger partial charge in [-0.1, -0.05) is 0 Å². The lowest BCUT2D eigenvalue weighted by Gasteiger charge is -2.26. The summed E-state index contributed by atoms with van der Waals surface area (Å²) in [4.78, 5) is 14.3. The van der Waals surface area contributed by atoms with Crippen molar-refractivity contribution in [3.8, 4) is 0 Å². The van der Waals surface area contributed by atoms with Crippen molar-refractivity contribution in [1.29, 1.82) is 0 Å².